The van der Waals surface area contributed by atoms with E-state index in [4.69, 9.17) is 10.9 Å². The van der Waals surface area contributed by atoms with Gasteiger partial charge < -0.3 is 10.0 Å². The van der Waals surface area contributed by atoms with Crippen molar-refractivity contribution in [1.29, 1.82) is 0 Å². The zero-order valence-electron chi connectivity index (χ0n) is 15.7. The third-order valence-electron chi connectivity index (χ3n) is 5.15. The van der Waals surface area contributed by atoms with E-state index in [2.05, 4.69) is 0 Å². The van der Waals surface area contributed by atoms with Crippen LogP contribution in [0.1, 0.15) is 33.3 Å². The van der Waals surface area contributed by atoms with Crippen LogP contribution in [0.4, 0.5) is 10.5 Å². The molecular formula is C21H21N3O3S2. The number of carbonyl (C=O) groups excluding carboxylic acids is 1. The maximum atomic E-state index is 12.9. The van der Waals surface area contributed by atoms with Crippen molar-refractivity contribution in [2.24, 2.45) is 5.84 Å². The number of benzene rings is 1. The number of thiophene rings is 2. The molecule has 3 heterocycles. The Morgan fingerprint density at radius 3 is 2.59 bits per heavy atom. The minimum absolute atomic E-state index is 0.243. The zero-order valence-corrected chi connectivity index (χ0v) is 17.3. The number of nitrogens with zero attached hydrogens (tertiary/aromatic N) is 2. The third-order valence-corrected chi connectivity index (χ3v) is 7.31. The van der Waals surface area contributed by atoms with E-state index in [1.165, 1.54) is 21.2 Å². The summed E-state index contributed by atoms with van der Waals surface area (Å²) in [5.41, 5.74) is 1.67. The van der Waals surface area contributed by atoms with E-state index in [9.17, 15) is 9.59 Å². The first-order valence-corrected chi connectivity index (χ1v) is 11.0. The molecule has 0 atom stereocenters. The molecule has 1 aliphatic heterocycles. The molecule has 0 spiro atoms. The molecule has 3 aromatic rings. The van der Waals surface area contributed by atoms with Gasteiger partial charge in [0.25, 0.3) is 5.91 Å². The Bertz CT molecular complexity index is 1010. The molecule has 1 saturated heterocycles. The molecule has 0 bridgehead atoms. The molecule has 1 aliphatic rings. The molecule has 6 nitrogen and oxygen atoms in total. The zero-order chi connectivity index (χ0) is 20.4. The minimum Gasteiger partial charge on any atom is -0.465 e. The van der Waals surface area contributed by atoms with Crippen LogP contribution in [0.3, 0.4) is 0 Å². The van der Waals surface area contributed by atoms with E-state index >= 15 is 0 Å². The Balaban J connectivity index is 1.47. The summed E-state index contributed by atoms with van der Waals surface area (Å²) in [6, 6.07) is 15.4. The van der Waals surface area contributed by atoms with Gasteiger partial charge in [-0.2, -0.15) is 0 Å². The summed E-state index contributed by atoms with van der Waals surface area (Å²) in [6.07, 6.45) is 0.680. The number of nitrogens with two attached hydrogens (primary N) is 1. The largest absolute Gasteiger partial charge is 0.465 e. The highest BCUT2D eigenvalue weighted by atomic mass is 32.1. The number of carbonyl (C=O) groups is 2. The Morgan fingerprint density at radius 1 is 1.10 bits per heavy atom. The summed E-state index contributed by atoms with van der Waals surface area (Å²) in [4.78, 5) is 28.2. The third kappa shape index (κ3) is 4.19. The van der Waals surface area contributed by atoms with Gasteiger partial charge in [-0.15, -0.1) is 22.7 Å². The first-order chi connectivity index (χ1) is 14.0. The lowest BCUT2D eigenvalue weighted by molar-refractivity contribution is 0.0990. The topological polar surface area (TPSA) is 86.9 Å². The Labute approximate surface area is 176 Å². The molecule has 4 rings (SSSR count). The van der Waals surface area contributed by atoms with Gasteiger partial charge in [-0.3, -0.25) is 4.79 Å². The summed E-state index contributed by atoms with van der Waals surface area (Å²) >= 11 is 3.09. The number of hydrazine groups is 1. The van der Waals surface area contributed by atoms with Crippen LogP contribution in [-0.4, -0.2) is 35.1 Å². The van der Waals surface area contributed by atoms with Gasteiger partial charge in [0.05, 0.1) is 10.6 Å². The highest BCUT2D eigenvalue weighted by Gasteiger charge is 2.26. The number of hydrogen-bond acceptors (Lipinski definition) is 5. The fourth-order valence-electron chi connectivity index (χ4n) is 3.53. The first-order valence-electron chi connectivity index (χ1n) is 9.33. The lowest BCUT2D eigenvalue weighted by Gasteiger charge is -2.29. The van der Waals surface area contributed by atoms with Crippen molar-refractivity contribution >= 4 is 40.4 Å². The molecule has 0 saturated carbocycles. The summed E-state index contributed by atoms with van der Waals surface area (Å²) in [6.45, 7) is 1.05. The monoisotopic (exact) mass is 427 g/mol. The molecular weight excluding hydrogens is 406 g/mol. The average Bonchev–Trinajstić information content (AvgIpc) is 3.45. The molecule has 0 aliphatic carbocycles. The van der Waals surface area contributed by atoms with Crippen LogP contribution in [0.25, 0.3) is 10.4 Å². The summed E-state index contributed by atoms with van der Waals surface area (Å²) in [5, 5.41) is 12.3. The SMILES string of the molecule is NN(C(=O)c1ccc(C2CCN(C(=O)O)CC2)s1)c1cccc(-c2cccs2)c1. The number of carboxylic acid groups (broad SMARTS) is 1. The van der Waals surface area contributed by atoms with Crippen LogP contribution < -0.4 is 10.9 Å². The standard InChI is InChI=1S/C21H21N3O3S2/c22-24(16-4-1-3-15(13-16)17-5-2-12-28-17)20(25)19-7-6-18(29-19)14-8-10-23(11-9-14)21(26)27/h1-7,12-14H,8-11,22H2,(H,26,27). The maximum Gasteiger partial charge on any atom is 0.407 e. The van der Waals surface area contributed by atoms with Crippen LogP contribution in [0.5, 0.6) is 0 Å². The average molecular weight is 428 g/mol. The lowest BCUT2D eigenvalue weighted by atomic mass is 9.95. The molecule has 2 amide bonds. The van der Waals surface area contributed by atoms with E-state index < -0.39 is 6.09 Å². The predicted octanol–water partition coefficient (Wildman–Crippen LogP) is 4.85. The van der Waals surface area contributed by atoms with Gasteiger partial charge in [0, 0.05) is 22.8 Å². The molecule has 150 valence electrons. The molecule has 0 unspecified atom stereocenters. The molecule has 2 aromatic heterocycles. The van der Waals surface area contributed by atoms with Gasteiger partial charge in [0.2, 0.25) is 0 Å². The van der Waals surface area contributed by atoms with Crippen molar-refractivity contribution in [3.8, 4) is 10.4 Å². The Morgan fingerprint density at radius 2 is 1.90 bits per heavy atom. The molecule has 29 heavy (non-hydrogen) atoms. The highest BCUT2D eigenvalue weighted by Crippen LogP contribution is 2.34. The number of amides is 2. The number of rotatable bonds is 4. The van der Waals surface area contributed by atoms with E-state index in [1.807, 2.05) is 53.9 Å². The number of likely N-dealkylation sites (tertiary alicyclic amines) is 1. The second-order valence-corrected chi connectivity index (χ2v) is 9.01. The second kappa shape index (κ2) is 8.36. The van der Waals surface area contributed by atoms with E-state index in [1.54, 1.807) is 11.3 Å². The first kappa shape index (κ1) is 19.6. The second-order valence-electron chi connectivity index (χ2n) is 6.95. The fourth-order valence-corrected chi connectivity index (χ4v) is 5.37. The molecule has 0 radical (unpaired) electrons. The molecule has 1 aromatic carbocycles. The van der Waals surface area contributed by atoms with Gasteiger partial charge in [0.1, 0.15) is 0 Å². The summed E-state index contributed by atoms with van der Waals surface area (Å²) < 4.78 is 0. The normalized spacial score (nSPS) is 14.7. The molecule has 1 fully saturated rings. The fraction of sp³-hybridized carbons (Fsp3) is 0.238. The maximum absolute atomic E-state index is 12.9. The van der Waals surface area contributed by atoms with Crippen LogP contribution in [0, 0.1) is 0 Å². The minimum atomic E-state index is -0.867. The van der Waals surface area contributed by atoms with E-state index in [-0.39, 0.29) is 11.8 Å². The van der Waals surface area contributed by atoms with E-state index in [0.717, 1.165) is 28.2 Å². The van der Waals surface area contributed by atoms with Gasteiger partial charge in [-0.1, -0.05) is 18.2 Å². The molecule has 8 heteroatoms. The predicted molar refractivity (Wildman–Crippen MR) is 117 cm³/mol. The van der Waals surface area contributed by atoms with Gasteiger partial charge in [0.15, 0.2) is 0 Å². The van der Waals surface area contributed by atoms with Crippen molar-refractivity contribution in [3.05, 3.63) is 63.7 Å². The van der Waals surface area contributed by atoms with E-state index in [0.29, 0.717) is 23.7 Å². The van der Waals surface area contributed by atoms with Crippen LogP contribution in [-0.2, 0) is 0 Å². The van der Waals surface area contributed by atoms with Crippen molar-refractivity contribution in [3.63, 3.8) is 0 Å². The van der Waals surface area contributed by atoms with Crippen molar-refractivity contribution in [2.75, 3.05) is 18.1 Å². The van der Waals surface area contributed by atoms with Gasteiger partial charge in [-0.25, -0.2) is 15.6 Å². The van der Waals surface area contributed by atoms with Gasteiger partial charge >= 0.3 is 6.09 Å². The van der Waals surface area contributed by atoms with Crippen molar-refractivity contribution < 1.29 is 14.7 Å². The summed E-state index contributed by atoms with van der Waals surface area (Å²) in [7, 11) is 0. The highest BCUT2D eigenvalue weighted by molar-refractivity contribution is 7.14. The van der Waals surface area contributed by atoms with Gasteiger partial charge in [-0.05, 0) is 60.0 Å². The van der Waals surface area contributed by atoms with Crippen LogP contribution in [0.15, 0.2) is 53.9 Å². The Hall–Kier alpha value is -2.68. The van der Waals surface area contributed by atoms with Crippen molar-refractivity contribution in [1.82, 2.24) is 4.90 Å². The number of piperidine rings is 1. The quantitative estimate of drug-likeness (QED) is 0.354. The molecule has 3 N–H and O–H groups in total. The van der Waals surface area contributed by atoms with Crippen LogP contribution in [0.2, 0.25) is 0 Å². The lowest BCUT2D eigenvalue weighted by Crippen LogP contribution is -2.37. The number of anilines is 1. The van der Waals surface area contributed by atoms with Crippen LogP contribution >= 0.6 is 22.7 Å². The smallest absolute Gasteiger partial charge is 0.407 e. The van der Waals surface area contributed by atoms with Crippen molar-refractivity contribution in [2.45, 2.75) is 18.8 Å². The summed E-state index contributed by atoms with van der Waals surface area (Å²) in [5.74, 6) is 6.19. The number of hydrogen-bond donors (Lipinski definition) is 2. The Kier molecular flexibility index (Phi) is 5.66.